The van der Waals surface area contributed by atoms with Gasteiger partial charge < -0.3 is 10.1 Å². The van der Waals surface area contributed by atoms with E-state index < -0.39 is 33.7 Å². The van der Waals surface area contributed by atoms with Gasteiger partial charge in [0.2, 0.25) is 15.9 Å². The Balaban J connectivity index is 2.08. The summed E-state index contributed by atoms with van der Waals surface area (Å²) < 4.78 is 69.9. The monoisotopic (exact) mass is 416 g/mol. The molecule has 0 aliphatic heterocycles. The Hall–Kier alpha value is -2.59. The zero-order valence-corrected chi connectivity index (χ0v) is 16.1. The first kappa shape index (κ1) is 21.7. The standard InChI is InChI=1S/C18H19F3N2O4S/c1-11-10-15(8-9-16(11)27-3)28(25,26)23-12(2)17(24)22-14-6-4-13(5-7-14)18(19,20)21/h4-10,12,23H,1-3H3,(H,22,24)/t12-/m0/s1. The number of hydrogen-bond donors (Lipinski definition) is 2. The molecule has 0 spiro atoms. The SMILES string of the molecule is COc1ccc(S(=O)(=O)N[C@@H](C)C(=O)Nc2ccc(C(F)(F)F)cc2)cc1C. The van der Waals surface area contributed by atoms with E-state index in [1.165, 1.54) is 32.2 Å². The van der Waals surface area contributed by atoms with E-state index in [0.717, 1.165) is 24.3 Å². The number of amides is 1. The molecule has 2 N–H and O–H groups in total. The van der Waals surface area contributed by atoms with Gasteiger partial charge in [-0.3, -0.25) is 4.79 Å². The number of hydrogen-bond acceptors (Lipinski definition) is 4. The minimum atomic E-state index is -4.48. The molecule has 2 rings (SSSR count). The topological polar surface area (TPSA) is 84.5 Å². The number of carbonyl (C=O) groups is 1. The summed E-state index contributed by atoms with van der Waals surface area (Å²) in [6.45, 7) is 3.01. The van der Waals surface area contributed by atoms with Gasteiger partial charge in [-0.15, -0.1) is 0 Å². The van der Waals surface area contributed by atoms with Crippen LogP contribution in [0, 0.1) is 6.92 Å². The number of sulfonamides is 1. The molecule has 0 saturated carbocycles. The lowest BCUT2D eigenvalue weighted by molar-refractivity contribution is -0.137. The maximum atomic E-state index is 12.6. The first-order valence-corrected chi connectivity index (χ1v) is 9.57. The van der Waals surface area contributed by atoms with Gasteiger partial charge in [0.15, 0.2) is 0 Å². The van der Waals surface area contributed by atoms with Crippen LogP contribution in [-0.4, -0.2) is 27.5 Å². The number of halogens is 3. The molecule has 2 aromatic carbocycles. The zero-order chi connectivity index (χ0) is 21.1. The highest BCUT2D eigenvalue weighted by molar-refractivity contribution is 7.89. The van der Waals surface area contributed by atoms with Crippen LogP contribution in [-0.2, 0) is 21.0 Å². The molecule has 0 fully saturated rings. The van der Waals surface area contributed by atoms with Crippen molar-refractivity contribution in [3.63, 3.8) is 0 Å². The Morgan fingerprint density at radius 3 is 2.21 bits per heavy atom. The molecule has 2 aromatic rings. The predicted molar refractivity (Wildman–Crippen MR) is 97.6 cm³/mol. The van der Waals surface area contributed by atoms with Gasteiger partial charge in [0, 0.05) is 5.69 Å². The first-order chi connectivity index (χ1) is 12.9. The quantitative estimate of drug-likeness (QED) is 0.757. The van der Waals surface area contributed by atoms with Crippen molar-refractivity contribution in [2.75, 3.05) is 12.4 Å². The van der Waals surface area contributed by atoms with Crippen LogP contribution >= 0.6 is 0 Å². The summed E-state index contributed by atoms with van der Waals surface area (Å²) in [6, 6.07) is 6.92. The molecule has 10 heteroatoms. The number of benzene rings is 2. The van der Waals surface area contributed by atoms with Crippen LogP contribution in [0.2, 0.25) is 0 Å². The van der Waals surface area contributed by atoms with Gasteiger partial charge in [0.25, 0.3) is 0 Å². The van der Waals surface area contributed by atoms with Crippen molar-refractivity contribution in [1.29, 1.82) is 0 Å². The van der Waals surface area contributed by atoms with Crippen LogP contribution in [0.5, 0.6) is 5.75 Å². The van der Waals surface area contributed by atoms with Crippen LogP contribution in [0.25, 0.3) is 0 Å². The summed E-state index contributed by atoms with van der Waals surface area (Å²) in [5.41, 5.74) is -0.134. The molecule has 1 atom stereocenters. The van der Waals surface area contributed by atoms with E-state index in [1.807, 2.05) is 0 Å². The highest BCUT2D eigenvalue weighted by atomic mass is 32.2. The number of aryl methyl sites for hydroxylation is 1. The van der Waals surface area contributed by atoms with Crippen LogP contribution in [0.15, 0.2) is 47.4 Å². The van der Waals surface area contributed by atoms with Crippen LogP contribution in [0.4, 0.5) is 18.9 Å². The summed E-state index contributed by atoms with van der Waals surface area (Å²) in [4.78, 5) is 12.1. The molecule has 0 aromatic heterocycles. The average Bonchev–Trinajstić information content (AvgIpc) is 2.60. The van der Waals surface area contributed by atoms with Gasteiger partial charge in [-0.2, -0.15) is 17.9 Å². The molecule has 152 valence electrons. The second kappa shape index (κ2) is 8.19. The number of carbonyl (C=O) groups excluding carboxylic acids is 1. The maximum Gasteiger partial charge on any atom is 0.416 e. The Kier molecular flexibility index (Phi) is 6.35. The summed E-state index contributed by atoms with van der Waals surface area (Å²) in [5, 5.41) is 2.37. The van der Waals surface area contributed by atoms with Gasteiger partial charge in [-0.05, 0) is 61.9 Å². The Labute approximate surface area is 160 Å². The zero-order valence-electron chi connectivity index (χ0n) is 15.3. The van der Waals surface area contributed by atoms with Crippen LogP contribution < -0.4 is 14.8 Å². The van der Waals surface area contributed by atoms with E-state index in [-0.39, 0.29) is 10.6 Å². The number of nitrogens with one attached hydrogen (secondary N) is 2. The second-order valence-electron chi connectivity index (χ2n) is 6.04. The minimum absolute atomic E-state index is 0.0417. The Morgan fingerprint density at radius 2 is 1.71 bits per heavy atom. The van der Waals surface area contributed by atoms with E-state index in [9.17, 15) is 26.4 Å². The molecule has 28 heavy (non-hydrogen) atoms. The van der Waals surface area contributed by atoms with Gasteiger partial charge >= 0.3 is 6.18 Å². The van der Waals surface area contributed by atoms with Crippen molar-refractivity contribution < 1.29 is 31.1 Å². The van der Waals surface area contributed by atoms with Crippen molar-refractivity contribution in [1.82, 2.24) is 4.72 Å². The van der Waals surface area contributed by atoms with Crippen molar-refractivity contribution in [3.8, 4) is 5.75 Å². The van der Waals surface area contributed by atoms with Gasteiger partial charge in [0.05, 0.1) is 23.6 Å². The second-order valence-corrected chi connectivity index (χ2v) is 7.75. The summed E-state index contributed by atoms with van der Waals surface area (Å²) in [7, 11) is -2.52. The van der Waals surface area contributed by atoms with Gasteiger partial charge in [0.1, 0.15) is 5.75 Å². The highest BCUT2D eigenvalue weighted by Gasteiger charge is 2.30. The summed E-state index contributed by atoms with van der Waals surface area (Å²) in [5.74, 6) is -0.194. The minimum Gasteiger partial charge on any atom is -0.496 e. The normalized spacial score (nSPS) is 13.1. The number of alkyl halides is 3. The molecule has 0 saturated heterocycles. The molecule has 0 bridgehead atoms. The number of ether oxygens (including phenoxy) is 1. The van der Waals surface area contributed by atoms with E-state index in [1.54, 1.807) is 6.92 Å². The molecule has 0 radical (unpaired) electrons. The predicted octanol–water partition coefficient (Wildman–Crippen LogP) is 3.33. The third-order valence-electron chi connectivity index (χ3n) is 3.88. The third-order valence-corrected chi connectivity index (χ3v) is 5.42. The number of rotatable bonds is 6. The lowest BCUT2D eigenvalue weighted by Crippen LogP contribution is -2.41. The van der Waals surface area contributed by atoms with Crippen molar-refractivity contribution in [3.05, 3.63) is 53.6 Å². The fraction of sp³-hybridized carbons (Fsp3) is 0.278. The molecular weight excluding hydrogens is 397 g/mol. The fourth-order valence-corrected chi connectivity index (χ4v) is 3.65. The molecule has 6 nitrogen and oxygen atoms in total. The average molecular weight is 416 g/mol. The molecule has 1 amide bonds. The van der Waals surface area contributed by atoms with Crippen molar-refractivity contribution in [2.45, 2.75) is 31.0 Å². The lowest BCUT2D eigenvalue weighted by atomic mass is 10.2. The van der Waals surface area contributed by atoms with E-state index in [2.05, 4.69) is 10.0 Å². The van der Waals surface area contributed by atoms with Crippen LogP contribution in [0.3, 0.4) is 0 Å². The number of anilines is 1. The van der Waals surface area contributed by atoms with Crippen LogP contribution in [0.1, 0.15) is 18.1 Å². The molecule has 0 unspecified atom stereocenters. The Bertz CT molecular complexity index is 958. The largest absolute Gasteiger partial charge is 0.496 e. The molecule has 0 aliphatic carbocycles. The lowest BCUT2D eigenvalue weighted by Gasteiger charge is -2.15. The van der Waals surface area contributed by atoms with Crippen molar-refractivity contribution in [2.24, 2.45) is 0 Å². The summed E-state index contributed by atoms with van der Waals surface area (Å²) >= 11 is 0. The maximum absolute atomic E-state index is 12.6. The molecule has 0 heterocycles. The molecule has 0 aliphatic rings. The highest BCUT2D eigenvalue weighted by Crippen LogP contribution is 2.29. The smallest absolute Gasteiger partial charge is 0.416 e. The van der Waals surface area contributed by atoms with Gasteiger partial charge in [-0.1, -0.05) is 0 Å². The van der Waals surface area contributed by atoms with E-state index in [0.29, 0.717) is 11.3 Å². The molecular formula is C18H19F3N2O4S. The van der Waals surface area contributed by atoms with E-state index in [4.69, 9.17) is 4.74 Å². The number of methoxy groups -OCH3 is 1. The third kappa shape index (κ3) is 5.23. The van der Waals surface area contributed by atoms with Gasteiger partial charge in [-0.25, -0.2) is 8.42 Å². The van der Waals surface area contributed by atoms with E-state index >= 15 is 0 Å². The fourth-order valence-electron chi connectivity index (χ4n) is 2.37. The Morgan fingerprint density at radius 1 is 1.11 bits per heavy atom. The first-order valence-electron chi connectivity index (χ1n) is 8.09. The summed E-state index contributed by atoms with van der Waals surface area (Å²) in [6.07, 6.45) is -4.48. The van der Waals surface area contributed by atoms with Crippen molar-refractivity contribution >= 4 is 21.6 Å².